The highest BCUT2D eigenvalue weighted by Gasteiger charge is 2.19. The summed E-state index contributed by atoms with van der Waals surface area (Å²) in [7, 11) is 0. The fraction of sp³-hybridized carbons (Fsp3) is 0.455. The number of rotatable bonds is 5. The van der Waals surface area contributed by atoms with Gasteiger partial charge in [-0.25, -0.2) is 13.8 Å². The Morgan fingerprint density at radius 1 is 1.61 bits per heavy atom. The third kappa shape index (κ3) is 3.84. The lowest BCUT2D eigenvalue weighted by Crippen LogP contribution is -2.13. The number of carbonyl (C=O) groups excluding carboxylic acids is 1. The number of ether oxygens (including phenoxy) is 1. The first-order valence-corrected chi connectivity index (χ1v) is 6.39. The zero-order chi connectivity index (χ0) is 13.7. The van der Waals surface area contributed by atoms with Gasteiger partial charge in [0.15, 0.2) is 0 Å². The molecule has 0 saturated heterocycles. The van der Waals surface area contributed by atoms with Gasteiger partial charge in [-0.1, -0.05) is 0 Å². The minimum atomic E-state index is -2.63. The Labute approximate surface area is 117 Å². The molecule has 4 nitrogen and oxygen atoms in total. The second-order valence-electron chi connectivity index (χ2n) is 3.46. The summed E-state index contributed by atoms with van der Waals surface area (Å²) >= 11 is 1.72. The van der Waals surface area contributed by atoms with Gasteiger partial charge in [-0.15, -0.1) is 0 Å². The predicted octanol–water partition coefficient (Wildman–Crippen LogP) is 2.19. The van der Waals surface area contributed by atoms with Crippen molar-refractivity contribution in [3.05, 3.63) is 26.6 Å². The highest BCUT2D eigenvalue weighted by atomic mass is 127. The van der Waals surface area contributed by atoms with E-state index >= 15 is 0 Å². The van der Waals surface area contributed by atoms with Gasteiger partial charge < -0.3 is 10.5 Å². The van der Waals surface area contributed by atoms with Gasteiger partial charge in [-0.2, -0.15) is 0 Å². The van der Waals surface area contributed by atoms with Crippen LogP contribution in [0.25, 0.3) is 0 Å². The lowest BCUT2D eigenvalue weighted by atomic mass is 10.1. The Hall–Kier alpha value is -0.830. The first-order chi connectivity index (χ1) is 8.49. The van der Waals surface area contributed by atoms with Crippen molar-refractivity contribution in [2.24, 2.45) is 5.73 Å². The van der Waals surface area contributed by atoms with Crippen LogP contribution in [0, 0.1) is 3.70 Å². The van der Waals surface area contributed by atoms with E-state index in [9.17, 15) is 13.6 Å². The van der Waals surface area contributed by atoms with E-state index in [0.29, 0.717) is 11.3 Å². The Morgan fingerprint density at radius 3 is 2.78 bits per heavy atom. The van der Waals surface area contributed by atoms with Crippen LogP contribution in [0.1, 0.15) is 30.2 Å². The molecule has 0 bridgehead atoms. The zero-order valence-electron chi connectivity index (χ0n) is 9.75. The number of nitrogens with two attached hydrogens (primary N) is 1. The van der Waals surface area contributed by atoms with Crippen molar-refractivity contribution in [1.82, 2.24) is 4.98 Å². The molecule has 1 aromatic heterocycles. The number of aromatic nitrogens is 1. The monoisotopic (exact) mass is 370 g/mol. The van der Waals surface area contributed by atoms with Crippen molar-refractivity contribution in [2.75, 3.05) is 6.61 Å². The van der Waals surface area contributed by atoms with Crippen LogP contribution in [0.4, 0.5) is 8.78 Å². The molecule has 0 radical (unpaired) electrons. The fourth-order valence-electron chi connectivity index (χ4n) is 1.48. The van der Waals surface area contributed by atoms with E-state index in [-0.39, 0.29) is 28.8 Å². The normalized spacial score (nSPS) is 10.8. The molecule has 1 aromatic rings. The SMILES string of the molecule is CCOC(=O)Cc1cc(CN)c(C(F)F)c(I)n1. The van der Waals surface area contributed by atoms with Crippen molar-refractivity contribution in [3.63, 3.8) is 0 Å². The standard InChI is InChI=1S/C11H13F2IN2O2/c1-2-18-8(17)4-7-3-6(5-15)9(10(12)13)11(14)16-7/h3,10H,2,4-5,15H2,1H3. The largest absolute Gasteiger partial charge is 0.466 e. The van der Waals surface area contributed by atoms with E-state index in [0.717, 1.165) is 0 Å². The molecule has 18 heavy (non-hydrogen) atoms. The first-order valence-electron chi connectivity index (χ1n) is 5.31. The molecule has 100 valence electrons. The molecule has 0 aliphatic rings. The predicted molar refractivity (Wildman–Crippen MR) is 70.1 cm³/mol. The molecule has 1 heterocycles. The summed E-state index contributed by atoms with van der Waals surface area (Å²) < 4.78 is 30.5. The van der Waals surface area contributed by atoms with Crippen LogP contribution in [0.5, 0.6) is 0 Å². The molecule has 0 saturated carbocycles. The van der Waals surface area contributed by atoms with Crippen molar-refractivity contribution in [1.29, 1.82) is 0 Å². The smallest absolute Gasteiger partial charge is 0.311 e. The second-order valence-corrected chi connectivity index (χ2v) is 4.49. The zero-order valence-corrected chi connectivity index (χ0v) is 11.9. The van der Waals surface area contributed by atoms with E-state index in [1.54, 1.807) is 29.5 Å². The molecule has 0 amide bonds. The van der Waals surface area contributed by atoms with Gasteiger partial charge in [0, 0.05) is 6.54 Å². The molecule has 1 rings (SSSR count). The van der Waals surface area contributed by atoms with Gasteiger partial charge in [-0.05, 0) is 41.1 Å². The Kier molecular flexibility index (Phi) is 5.86. The number of hydrogen-bond acceptors (Lipinski definition) is 4. The summed E-state index contributed by atoms with van der Waals surface area (Å²) in [5, 5.41) is 0. The Bertz CT molecular complexity index is 441. The van der Waals surface area contributed by atoms with Crippen LogP contribution in [-0.4, -0.2) is 17.6 Å². The van der Waals surface area contributed by atoms with E-state index in [4.69, 9.17) is 10.5 Å². The van der Waals surface area contributed by atoms with E-state index < -0.39 is 12.4 Å². The number of pyridine rings is 1. The van der Waals surface area contributed by atoms with E-state index in [1.165, 1.54) is 6.07 Å². The number of esters is 1. The van der Waals surface area contributed by atoms with Gasteiger partial charge in [0.1, 0.15) is 3.70 Å². The third-order valence-electron chi connectivity index (χ3n) is 2.22. The van der Waals surface area contributed by atoms with E-state index in [2.05, 4.69) is 4.98 Å². The van der Waals surface area contributed by atoms with Crippen molar-refractivity contribution in [2.45, 2.75) is 26.3 Å². The van der Waals surface area contributed by atoms with Gasteiger partial charge >= 0.3 is 5.97 Å². The van der Waals surface area contributed by atoms with Gasteiger partial charge in [0.25, 0.3) is 6.43 Å². The molecule has 0 atom stereocenters. The molecule has 0 spiro atoms. The summed E-state index contributed by atoms with van der Waals surface area (Å²) in [4.78, 5) is 15.3. The van der Waals surface area contributed by atoms with Gasteiger partial charge in [-0.3, -0.25) is 4.79 Å². The summed E-state index contributed by atoms with van der Waals surface area (Å²) in [6, 6.07) is 1.43. The van der Waals surface area contributed by atoms with Crippen molar-refractivity contribution < 1.29 is 18.3 Å². The van der Waals surface area contributed by atoms with Crippen LogP contribution in [0.2, 0.25) is 0 Å². The topological polar surface area (TPSA) is 65.2 Å². The number of alkyl halides is 2. The lowest BCUT2D eigenvalue weighted by molar-refractivity contribution is -0.142. The van der Waals surface area contributed by atoms with Crippen LogP contribution in [-0.2, 0) is 22.5 Å². The number of nitrogens with zero attached hydrogens (tertiary/aromatic N) is 1. The van der Waals surface area contributed by atoms with Crippen molar-refractivity contribution >= 4 is 28.6 Å². The lowest BCUT2D eigenvalue weighted by Gasteiger charge is -2.11. The molecule has 0 aliphatic heterocycles. The Balaban J connectivity index is 3.03. The maximum absolute atomic E-state index is 12.8. The average molecular weight is 370 g/mol. The number of hydrogen-bond donors (Lipinski definition) is 1. The molecular weight excluding hydrogens is 357 g/mol. The van der Waals surface area contributed by atoms with Gasteiger partial charge in [0.05, 0.1) is 24.3 Å². The minimum Gasteiger partial charge on any atom is -0.466 e. The average Bonchev–Trinajstić information content (AvgIpc) is 2.27. The molecule has 0 unspecified atom stereocenters. The highest BCUT2D eigenvalue weighted by molar-refractivity contribution is 14.1. The highest BCUT2D eigenvalue weighted by Crippen LogP contribution is 2.27. The quantitative estimate of drug-likeness (QED) is 0.490. The Morgan fingerprint density at radius 2 is 2.28 bits per heavy atom. The number of carbonyl (C=O) groups is 1. The molecular formula is C11H13F2IN2O2. The summed E-state index contributed by atoms with van der Waals surface area (Å²) in [5.74, 6) is -0.437. The van der Waals surface area contributed by atoms with Crippen molar-refractivity contribution in [3.8, 4) is 0 Å². The molecule has 2 N–H and O–H groups in total. The summed E-state index contributed by atoms with van der Waals surface area (Å²) in [6.45, 7) is 1.95. The fourth-order valence-corrected chi connectivity index (χ4v) is 2.37. The van der Waals surface area contributed by atoms with E-state index in [1.807, 2.05) is 0 Å². The van der Waals surface area contributed by atoms with Crippen LogP contribution in [0.3, 0.4) is 0 Å². The minimum absolute atomic E-state index is 0.0198. The van der Waals surface area contributed by atoms with Crippen LogP contribution in [0.15, 0.2) is 6.07 Å². The maximum atomic E-state index is 12.8. The molecule has 0 fully saturated rings. The summed E-state index contributed by atoms with van der Waals surface area (Å²) in [5.41, 5.74) is 5.97. The molecule has 0 aromatic carbocycles. The number of halogens is 3. The van der Waals surface area contributed by atoms with Gasteiger partial charge in [0.2, 0.25) is 0 Å². The second kappa shape index (κ2) is 6.93. The maximum Gasteiger partial charge on any atom is 0.311 e. The van der Waals surface area contributed by atoms with Crippen LogP contribution >= 0.6 is 22.6 Å². The van der Waals surface area contributed by atoms with Crippen LogP contribution < -0.4 is 5.73 Å². The summed E-state index contributed by atoms with van der Waals surface area (Å²) in [6.07, 6.45) is -2.67. The third-order valence-corrected chi connectivity index (χ3v) is 3.04. The molecule has 0 aliphatic carbocycles. The first kappa shape index (κ1) is 15.2. The molecule has 7 heteroatoms.